The molecule has 0 saturated carbocycles. The lowest BCUT2D eigenvalue weighted by atomic mass is 9.74. The van der Waals surface area contributed by atoms with E-state index in [2.05, 4.69) is 13.8 Å². The van der Waals surface area contributed by atoms with Crippen LogP contribution in [0.25, 0.3) is 0 Å². The molecule has 0 aromatic rings. The Labute approximate surface area is 115 Å². The van der Waals surface area contributed by atoms with Gasteiger partial charge in [0, 0.05) is 19.6 Å². The number of likely N-dealkylation sites (N-methyl/N-ethyl adjacent to an activating group) is 1. The number of rotatable bonds is 5. The van der Waals surface area contributed by atoms with Gasteiger partial charge < -0.3 is 14.9 Å². The van der Waals surface area contributed by atoms with Gasteiger partial charge in [-0.3, -0.25) is 4.79 Å². The van der Waals surface area contributed by atoms with Gasteiger partial charge >= 0.3 is 12.0 Å². The number of amides is 2. The predicted molar refractivity (Wildman–Crippen MR) is 74.1 cm³/mol. The number of nitrogens with zero attached hydrogens (tertiary/aromatic N) is 2. The third kappa shape index (κ3) is 3.85. The van der Waals surface area contributed by atoms with E-state index in [9.17, 15) is 9.59 Å². The zero-order valence-electron chi connectivity index (χ0n) is 12.3. The summed E-state index contributed by atoms with van der Waals surface area (Å²) in [5, 5.41) is 8.81. The van der Waals surface area contributed by atoms with Gasteiger partial charge in [-0.2, -0.15) is 0 Å². The summed E-state index contributed by atoms with van der Waals surface area (Å²) in [6, 6.07) is -0.134. The number of urea groups is 1. The average molecular weight is 270 g/mol. The number of carboxylic acid groups (broad SMARTS) is 1. The molecular weight excluding hydrogens is 244 g/mol. The van der Waals surface area contributed by atoms with Crippen LogP contribution in [-0.4, -0.2) is 53.1 Å². The number of aliphatic carboxylic acids is 1. The Morgan fingerprint density at radius 2 is 1.68 bits per heavy atom. The monoisotopic (exact) mass is 270 g/mol. The maximum absolute atomic E-state index is 12.2. The van der Waals surface area contributed by atoms with Gasteiger partial charge in [0.15, 0.2) is 0 Å². The lowest BCUT2D eigenvalue weighted by molar-refractivity contribution is -0.137. The van der Waals surface area contributed by atoms with Crippen molar-refractivity contribution in [3.05, 3.63) is 0 Å². The highest BCUT2D eigenvalue weighted by Gasteiger charge is 2.34. The molecule has 19 heavy (non-hydrogen) atoms. The van der Waals surface area contributed by atoms with E-state index in [1.807, 2.05) is 6.92 Å². The minimum absolute atomic E-state index is 0.134. The Kier molecular flexibility index (Phi) is 5.63. The van der Waals surface area contributed by atoms with Gasteiger partial charge in [0.25, 0.3) is 0 Å². The van der Waals surface area contributed by atoms with Crippen LogP contribution in [0.4, 0.5) is 4.79 Å². The summed E-state index contributed by atoms with van der Waals surface area (Å²) in [5.74, 6) is -0.955. The van der Waals surface area contributed by atoms with Crippen molar-refractivity contribution < 1.29 is 14.7 Å². The molecule has 0 spiro atoms. The molecule has 0 atom stereocenters. The lowest BCUT2D eigenvalue weighted by Gasteiger charge is -2.42. The van der Waals surface area contributed by atoms with Gasteiger partial charge in [0.2, 0.25) is 0 Å². The molecule has 0 bridgehead atoms. The molecule has 0 aromatic carbocycles. The summed E-state index contributed by atoms with van der Waals surface area (Å²) < 4.78 is 0. The van der Waals surface area contributed by atoms with Crippen LogP contribution in [0, 0.1) is 5.41 Å². The van der Waals surface area contributed by atoms with Gasteiger partial charge in [0.05, 0.1) is 0 Å². The van der Waals surface area contributed by atoms with Crippen LogP contribution in [0.15, 0.2) is 0 Å². The van der Waals surface area contributed by atoms with E-state index in [-0.39, 0.29) is 12.6 Å². The Bertz CT molecular complexity index is 317. The van der Waals surface area contributed by atoms with Gasteiger partial charge in [-0.25, -0.2) is 4.79 Å². The van der Waals surface area contributed by atoms with Crippen molar-refractivity contribution in [3.63, 3.8) is 0 Å². The maximum atomic E-state index is 12.2. The fourth-order valence-electron chi connectivity index (χ4n) is 2.81. The van der Waals surface area contributed by atoms with E-state index in [0.29, 0.717) is 12.0 Å². The standard InChI is InChI=1S/C14H26N2O3/c1-4-14(5-2)7-9-16(10-8-14)13(19)15(6-3)11-12(17)18/h4-11H2,1-3H3,(H,17,18). The summed E-state index contributed by atoms with van der Waals surface area (Å²) in [7, 11) is 0. The molecule has 5 heteroatoms. The second-order valence-corrected chi connectivity index (χ2v) is 5.38. The third-order valence-electron chi connectivity index (χ3n) is 4.57. The Hall–Kier alpha value is -1.26. The maximum Gasteiger partial charge on any atom is 0.323 e. The van der Waals surface area contributed by atoms with Crippen LogP contribution in [0.3, 0.4) is 0 Å². The summed E-state index contributed by atoms with van der Waals surface area (Å²) >= 11 is 0. The van der Waals surface area contributed by atoms with E-state index < -0.39 is 5.97 Å². The van der Waals surface area contributed by atoms with Crippen LogP contribution in [0.5, 0.6) is 0 Å². The quantitative estimate of drug-likeness (QED) is 0.834. The summed E-state index contributed by atoms with van der Waals surface area (Å²) in [5.41, 5.74) is 0.376. The normalized spacial score (nSPS) is 18.2. The number of carboxylic acids is 1. The van der Waals surface area contributed by atoms with Crippen LogP contribution in [0.2, 0.25) is 0 Å². The topological polar surface area (TPSA) is 60.9 Å². The first-order valence-corrected chi connectivity index (χ1v) is 7.23. The number of carbonyl (C=O) groups is 2. The molecule has 0 aliphatic carbocycles. The molecule has 0 unspecified atom stereocenters. The minimum atomic E-state index is -0.955. The first-order chi connectivity index (χ1) is 8.98. The van der Waals surface area contributed by atoms with Crippen molar-refractivity contribution in [2.75, 3.05) is 26.2 Å². The first-order valence-electron chi connectivity index (χ1n) is 7.23. The Morgan fingerprint density at radius 3 is 2.05 bits per heavy atom. The summed E-state index contributed by atoms with van der Waals surface area (Å²) in [4.78, 5) is 26.2. The zero-order chi connectivity index (χ0) is 14.5. The summed E-state index contributed by atoms with van der Waals surface area (Å²) in [6.07, 6.45) is 4.35. The molecule has 1 aliphatic heterocycles. The third-order valence-corrected chi connectivity index (χ3v) is 4.57. The number of carbonyl (C=O) groups excluding carboxylic acids is 1. The molecule has 1 rings (SSSR count). The van der Waals surface area contributed by atoms with Crippen molar-refractivity contribution >= 4 is 12.0 Å². The van der Waals surface area contributed by atoms with Gasteiger partial charge in [-0.1, -0.05) is 26.7 Å². The van der Waals surface area contributed by atoms with Crippen LogP contribution in [0.1, 0.15) is 46.5 Å². The molecule has 0 aromatic heterocycles. The Morgan fingerprint density at radius 1 is 1.16 bits per heavy atom. The van der Waals surface area contributed by atoms with Crippen molar-refractivity contribution in [1.29, 1.82) is 0 Å². The van der Waals surface area contributed by atoms with Crippen molar-refractivity contribution in [2.45, 2.75) is 46.5 Å². The first kappa shape index (κ1) is 15.8. The molecule has 1 fully saturated rings. The predicted octanol–water partition coefficient (Wildman–Crippen LogP) is 2.42. The van der Waals surface area contributed by atoms with E-state index >= 15 is 0 Å². The molecule has 5 nitrogen and oxygen atoms in total. The second-order valence-electron chi connectivity index (χ2n) is 5.38. The molecule has 110 valence electrons. The summed E-state index contributed by atoms with van der Waals surface area (Å²) in [6.45, 7) is 7.96. The fourth-order valence-corrected chi connectivity index (χ4v) is 2.81. The van der Waals surface area contributed by atoms with Gasteiger partial charge in [0.1, 0.15) is 6.54 Å². The van der Waals surface area contributed by atoms with Gasteiger partial charge in [-0.05, 0) is 25.2 Å². The van der Waals surface area contributed by atoms with E-state index in [0.717, 1.165) is 38.8 Å². The SMILES string of the molecule is CCN(CC(=O)O)C(=O)N1CCC(CC)(CC)CC1. The van der Waals surface area contributed by atoms with E-state index in [4.69, 9.17) is 5.11 Å². The number of piperidine rings is 1. The highest BCUT2D eigenvalue weighted by Crippen LogP contribution is 2.38. The number of likely N-dealkylation sites (tertiary alicyclic amines) is 1. The minimum Gasteiger partial charge on any atom is -0.480 e. The highest BCUT2D eigenvalue weighted by atomic mass is 16.4. The smallest absolute Gasteiger partial charge is 0.323 e. The largest absolute Gasteiger partial charge is 0.480 e. The lowest BCUT2D eigenvalue weighted by Crippen LogP contribution is -2.50. The highest BCUT2D eigenvalue weighted by molar-refractivity contribution is 5.80. The van der Waals surface area contributed by atoms with E-state index in [1.165, 1.54) is 4.90 Å². The molecule has 1 N–H and O–H groups in total. The average Bonchev–Trinajstić information content (AvgIpc) is 2.44. The van der Waals surface area contributed by atoms with Crippen molar-refractivity contribution in [3.8, 4) is 0 Å². The van der Waals surface area contributed by atoms with Crippen LogP contribution in [-0.2, 0) is 4.79 Å². The molecule has 1 heterocycles. The van der Waals surface area contributed by atoms with E-state index in [1.54, 1.807) is 4.90 Å². The van der Waals surface area contributed by atoms with Crippen molar-refractivity contribution in [1.82, 2.24) is 9.80 Å². The van der Waals surface area contributed by atoms with Crippen molar-refractivity contribution in [2.24, 2.45) is 5.41 Å². The van der Waals surface area contributed by atoms with Crippen LogP contribution < -0.4 is 0 Å². The zero-order valence-corrected chi connectivity index (χ0v) is 12.3. The molecule has 2 amide bonds. The molecular formula is C14H26N2O3. The molecule has 0 radical (unpaired) electrons. The second kappa shape index (κ2) is 6.78. The molecule has 1 saturated heterocycles. The van der Waals surface area contributed by atoms with Crippen LogP contribution >= 0.6 is 0 Å². The molecule has 1 aliphatic rings. The Balaban J connectivity index is 2.58. The van der Waals surface area contributed by atoms with Gasteiger partial charge in [-0.15, -0.1) is 0 Å². The number of hydrogen-bond acceptors (Lipinski definition) is 2. The fraction of sp³-hybridized carbons (Fsp3) is 0.857. The number of hydrogen-bond donors (Lipinski definition) is 1.